The number of nitrogens with zero attached hydrogens (tertiary/aromatic N) is 2. The van der Waals surface area contributed by atoms with E-state index in [1.165, 1.54) is 30.7 Å². The number of methoxy groups -OCH3 is 3. The Bertz CT molecular complexity index is 1300. The molecule has 0 saturated carbocycles. The van der Waals surface area contributed by atoms with Gasteiger partial charge in [0.15, 0.2) is 0 Å². The van der Waals surface area contributed by atoms with Gasteiger partial charge in [-0.2, -0.15) is 4.31 Å². The van der Waals surface area contributed by atoms with Gasteiger partial charge in [-0.1, -0.05) is 12.1 Å². The summed E-state index contributed by atoms with van der Waals surface area (Å²) in [5, 5.41) is 2.95. The molecular formula is C26H29N3O6S. The van der Waals surface area contributed by atoms with Crippen molar-refractivity contribution >= 4 is 15.9 Å². The Hall–Kier alpha value is -3.63. The standard InChI is InChI=1S/C26H29N3O6S/c1-33-19-6-9-21(10-7-19)36(31,32)29-16-23(22-11-8-20(34-2)13-25(22)35-3)24(17-29)26(30)28-15-18-5-4-12-27-14-18/h4-14,23-24H,15-17H2,1-3H3,(H,28,30). The van der Waals surface area contributed by atoms with Crippen LogP contribution in [0.2, 0.25) is 0 Å². The third-order valence-corrected chi connectivity index (χ3v) is 8.20. The molecule has 1 aliphatic heterocycles. The van der Waals surface area contributed by atoms with Crippen LogP contribution < -0.4 is 19.5 Å². The number of rotatable bonds is 9. The average Bonchev–Trinajstić information content (AvgIpc) is 3.38. The molecule has 2 unspecified atom stereocenters. The largest absolute Gasteiger partial charge is 0.497 e. The smallest absolute Gasteiger partial charge is 0.243 e. The highest BCUT2D eigenvalue weighted by atomic mass is 32.2. The highest BCUT2D eigenvalue weighted by molar-refractivity contribution is 7.89. The SMILES string of the molecule is COc1ccc(S(=O)(=O)N2CC(C(=O)NCc3cccnc3)C(c3ccc(OC)cc3OC)C2)cc1. The van der Waals surface area contributed by atoms with Gasteiger partial charge in [0, 0.05) is 44.0 Å². The fraction of sp³-hybridized carbons (Fsp3) is 0.308. The maximum Gasteiger partial charge on any atom is 0.243 e. The number of nitrogens with one attached hydrogen (secondary N) is 1. The number of amides is 1. The Morgan fingerprint density at radius 3 is 2.36 bits per heavy atom. The predicted molar refractivity (Wildman–Crippen MR) is 134 cm³/mol. The zero-order chi connectivity index (χ0) is 25.7. The van der Waals surface area contributed by atoms with Gasteiger partial charge in [-0.3, -0.25) is 9.78 Å². The van der Waals surface area contributed by atoms with Gasteiger partial charge in [-0.25, -0.2) is 8.42 Å². The van der Waals surface area contributed by atoms with E-state index in [0.717, 1.165) is 11.1 Å². The van der Waals surface area contributed by atoms with Crippen molar-refractivity contribution in [3.63, 3.8) is 0 Å². The third-order valence-electron chi connectivity index (χ3n) is 6.35. The van der Waals surface area contributed by atoms with Crippen LogP contribution in [-0.4, -0.2) is 58.0 Å². The molecule has 1 saturated heterocycles. The summed E-state index contributed by atoms with van der Waals surface area (Å²) in [7, 11) is 0.767. The first-order valence-electron chi connectivity index (χ1n) is 11.4. The van der Waals surface area contributed by atoms with Gasteiger partial charge in [0.25, 0.3) is 0 Å². The second-order valence-corrected chi connectivity index (χ2v) is 10.3. The molecule has 1 aromatic heterocycles. The van der Waals surface area contributed by atoms with E-state index >= 15 is 0 Å². The first-order valence-corrected chi connectivity index (χ1v) is 12.8. The molecule has 9 nitrogen and oxygen atoms in total. The molecule has 3 aromatic rings. The van der Waals surface area contributed by atoms with Crippen LogP contribution in [0.1, 0.15) is 17.0 Å². The topological polar surface area (TPSA) is 107 Å². The Labute approximate surface area is 211 Å². The molecule has 190 valence electrons. The first kappa shape index (κ1) is 25.5. The van der Waals surface area contributed by atoms with Crippen LogP contribution in [0.15, 0.2) is 71.9 Å². The number of carbonyl (C=O) groups excluding carboxylic acids is 1. The molecule has 2 heterocycles. The van der Waals surface area contributed by atoms with Crippen LogP contribution in [0.3, 0.4) is 0 Å². The van der Waals surface area contributed by atoms with Crippen molar-refractivity contribution in [3.8, 4) is 17.2 Å². The van der Waals surface area contributed by atoms with Gasteiger partial charge in [0.05, 0.1) is 32.1 Å². The molecule has 10 heteroatoms. The van der Waals surface area contributed by atoms with Crippen LogP contribution in [0.5, 0.6) is 17.2 Å². The van der Waals surface area contributed by atoms with Crippen molar-refractivity contribution < 1.29 is 27.4 Å². The molecular weight excluding hydrogens is 482 g/mol. The monoisotopic (exact) mass is 511 g/mol. The van der Waals surface area contributed by atoms with Crippen molar-refractivity contribution in [1.29, 1.82) is 0 Å². The van der Waals surface area contributed by atoms with Gasteiger partial charge in [0.2, 0.25) is 15.9 Å². The van der Waals surface area contributed by atoms with E-state index in [-0.39, 0.29) is 23.9 Å². The van der Waals surface area contributed by atoms with Crippen molar-refractivity contribution in [2.24, 2.45) is 5.92 Å². The molecule has 0 bridgehead atoms. The summed E-state index contributed by atoms with van der Waals surface area (Å²) >= 11 is 0. The number of aromatic nitrogens is 1. The molecule has 2 aromatic carbocycles. The fourth-order valence-corrected chi connectivity index (χ4v) is 5.88. The van der Waals surface area contributed by atoms with Crippen LogP contribution in [0, 0.1) is 5.92 Å². The quantitative estimate of drug-likeness (QED) is 0.471. The minimum atomic E-state index is -3.85. The van der Waals surface area contributed by atoms with Crippen molar-refractivity contribution in [2.45, 2.75) is 17.4 Å². The second-order valence-electron chi connectivity index (χ2n) is 8.40. The lowest BCUT2D eigenvalue weighted by atomic mass is 9.87. The van der Waals surface area contributed by atoms with Gasteiger partial charge in [-0.15, -0.1) is 0 Å². The van der Waals surface area contributed by atoms with Gasteiger partial charge >= 0.3 is 0 Å². The zero-order valence-electron chi connectivity index (χ0n) is 20.4. The lowest BCUT2D eigenvalue weighted by molar-refractivity contribution is -0.125. The molecule has 1 fully saturated rings. The van der Waals surface area contributed by atoms with Crippen LogP contribution in [-0.2, 0) is 21.4 Å². The summed E-state index contributed by atoms with van der Waals surface area (Å²) in [6, 6.07) is 15.2. The van der Waals surface area contributed by atoms with Crippen molar-refractivity contribution in [1.82, 2.24) is 14.6 Å². The maximum atomic E-state index is 13.5. The zero-order valence-corrected chi connectivity index (χ0v) is 21.2. The Morgan fingerprint density at radius 1 is 1.00 bits per heavy atom. The minimum Gasteiger partial charge on any atom is -0.497 e. The molecule has 36 heavy (non-hydrogen) atoms. The number of ether oxygens (including phenoxy) is 3. The van der Waals surface area contributed by atoms with Crippen LogP contribution in [0.4, 0.5) is 0 Å². The van der Waals surface area contributed by atoms with Gasteiger partial charge in [-0.05, 0) is 47.5 Å². The summed E-state index contributed by atoms with van der Waals surface area (Å²) in [6.45, 7) is 0.454. The summed E-state index contributed by atoms with van der Waals surface area (Å²) in [4.78, 5) is 17.6. The Morgan fingerprint density at radius 2 is 1.72 bits per heavy atom. The van der Waals surface area contributed by atoms with E-state index in [1.807, 2.05) is 12.1 Å². The average molecular weight is 512 g/mol. The van der Waals surface area contributed by atoms with Crippen LogP contribution >= 0.6 is 0 Å². The summed E-state index contributed by atoms with van der Waals surface area (Å²) in [5.74, 6) is 0.407. The van der Waals surface area contributed by atoms with E-state index in [2.05, 4.69) is 10.3 Å². The molecule has 1 N–H and O–H groups in total. The van der Waals surface area contributed by atoms with E-state index in [1.54, 1.807) is 49.8 Å². The van der Waals surface area contributed by atoms with E-state index in [9.17, 15) is 13.2 Å². The lowest BCUT2D eigenvalue weighted by Gasteiger charge is -2.21. The van der Waals surface area contributed by atoms with Gasteiger partial charge in [0.1, 0.15) is 17.2 Å². The molecule has 0 spiro atoms. The fourth-order valence-electron chi connectivity index (χ4n) is 4.39. The number of benzene rings is 2. The van der Waals surface area contributed by atoms with E-state index < -0.39 is 21.9 Å². The predicted octanol–water partition coefficient (Wildman–Crippen LogP) is 2.83. The lowest BCUT2D eigenvalue weighted by Crippen LogP contribution is -2.35. The molecule has 1 aliphatic rings. The first-order chi connectivity index (χ1) is 17.4. The highest BCUT2D eigenvalue weighted by Crippen LogP contribution is 2.41. The molecule has 1 amide bonds. The molecule has 2 atom stereocenters. The summed E-state index contributed by atoms with van der Waals surface area (Å²) < 4.78 is 44.4. The summed E-state index contributed by atoms with van der Waals surface area (Å²) in [6.07, 6.45) is 3.34. The second kappa shape index (κ2) is 11.0. The van der Waals surface area contributed by atoms with Crippen molar-refractivity contribution in [2.75, 3.05) is 34.4 Å². The number of hydrogen-bond donors (Lipinski definition) is 1. The third kappa shape index (κ3) is 5.29. The number of hydrogen-bond acceptors (Lipinski definition) is 7. The van der Waals surface area contributed by atoms with Gasteiger partial charge < -0.3 is 19.5 Å². The number of pyridine rings is 1. The number of carbonyl (C=O) groups is 1. The van der Waals surface area contributed by atoms with E-state index in [4.69, 9.17) is 14.2 Å². The molecule has 4 rings (SSSR count). The van der Waals surface area contributed by atoms with Crippen molar-refractivity contribution in [3.05, 3.63) is 78.1 Å². The summed E-state index contributed by atoms with van der Waals surface area (Å²) in [5.41, 5.74) is 1.59. The highest BCUT2D eigenvalue weighted by Gasteiger charge is 2.44. The van der Waals surface area contributed by atoms with E-state index in [0.29, 0.717) is 23.8 Å². The Kier molecular flexibility index (Phi) is 7.76. The Balaban J connectivity index is 1.65. The van der Waals surface area contributed by atoms with Crippen LogP contribution in [0.25, 0.3) is 0 Å². The molecule has 0 radical (unpaired) electrons. The normalized spacial score (nSPS) is 18.0. The minimum absolute atomic E-state index is 0.0348. The number of sulfonamides is 1. The maximum absolute atomic E-state index is 13.5. The molecule has 0 aliphatic carbocycles.